The van der Waals surface area contributed by atoms with Gasteiger partial charge in [-0.1, -0.05) is 0 Å². The van der Waals surface area contributed by atoms with Crippen LogP contribution in [0.25, 0.3) is 0 Å². The summed E-state index contributed by atoms with van der Waals surface area (Å²) < 4.78 is 5.32. The van der Waals surface area contributed by atoms with Crippen molar-refractivity contribution in [1.29, 1.82) is 0 Å². The molecule has 1 aromatic carbocycles. The number of benzene rings is 1. The Balaban J connectivity index is 1.76. The number of ketones is 1. The van der Waals surface area contributed by atoms with Crippen molar-refractivity contribution in [3.05, 3.63) is 29.3 Å². The van der Waals surface area contributed by atoms with Gasteiger partial charge in [0.25, 0.3) is 0 Å². The molecular weight excluding hydrogens is 295 g/mol. The quantitative estimate of drug-likeness (QED) is 0.652. The van der Waals surface area contributed by atoms with E-state index in [4.69, 9.17) is 4.74 Å². The van der Waals surface area contributed by atoms with Gasteiger partial charge in [-0.3, -0.25) is 9.69 Å². The van der Waals surface area contributed by atoms with E-state index in [0.29, 0.717) is 19.5 Å². The van der Waals surface area contributed by atoms with Crippen molar-refractivity contribution >= 4 is 24.6 Å². The van der Waals surface area contributed by atoms with Crippen molar-refractivity contribution in [1.82, 2.24) is 5.23 Å². The highest BCUT2D eigenvalue weighted by Gasteiger charge is 2.33. The summed E-state index contributed by atoms with van der Waals surface area (Å²) in [4.78, 5) is 25.7. The van der Waals surface area contributed by atoms with Crippen molar-refractivity contribution in [3.8, 4) is 0 Å². The molecule has 0 unspecified atom stereocenters. The monoisotopic (exact) mass is 316 g/mol. The van der Waals surface area contributed by atoms with Gasteiger partial charge in [-0.15, -0.1) is 0 Å². The molecule has 7 heteroatoms. The SMILES string of the molecule is CB(O)NC[C@H]1CN(c2ccc3c(c2)CCCCC3=O)C(=O)O1. The molecule has 2 aliphatic rings. The van der Waals surface area contributed by atoms with Crippen LogP contribution in [0, 0.1) is 0 Å². The molecule has 1 aliphatic heterocycles. The number of aryl methyl sites for hydroxylation is 1. The van der Waals surface area contributed by atoms with E-state index in [0.717, 1.165) is 36.1 Å². The lowest BCUT2D eigenvalue weighted by atomic mass is 9.89. The van der Waals surface area contributed by atoms with E-state index in [9.17, 15) is 14.6 Å². The second kappa shape index (κ2) is 6.72. The molecule has 2 N–H and O–H groups in total. The fraction of sp³-hybridized carbons (Fsp3) is 0.500. The molecule has 0 radical (unpaired) electrons. The predicted molar refractivity (Wildman–Crippen MR) is 87.8 cm³/mol. The van der Waals surface area contributed by atoms with Gasteiger partial charge in [0.05, 0.1) is 6.54 Å². The molecule has 1 aromatic rings. The number of nitrogens with zero attached hydrogens (tertiary/aromatic N) is 1. The first-order chi connectivity index (χ1) is 11.0. The van der Waals surface area contributed by atoms with Crippen LogP contribution in [-0.4, -0.2) is 43.1 Å². The number of carbonyl (C=O) groups excluding carboxylic acids is 2. The molecule has 0 aromatic heterocycles. The van der Waals surface area contributed by atoms with Crippen molar-refractivity contribution in [2.75, 3.05) is 18.0 Å². The molecule has 122 valence electrons. The molecule has 23 heavy (non-hydrogen) atoms. The van der Waals surface area contributed by atoms with Gasteiger partial charge < -0.3 is 15.0 Å². The lowest BCUT2D eigenvalue weighted by molar-refractivity contribution is 0.0982. The van der Waals surface area contributed by atoms with Crippen LogP contribution in [0.2, 0.25) is 6.82 Å². The average molecular weight is 316 g/mol. The zero-order valence-corrected chi connectivity index (χ0v) is 13.2. The Hall–Kier alpha value is -1.86. The van der Waals surface area contributed by atoms with Gasteiger partial charge in [0.1, 0.15) is 6.10 Å². The standard InChI is InChI=1S/C16H21BN2O4/c1-17(22)18-9-13-10-19(16(21)23-13)12-6-7-14-11(8-12)4-2-3-5-15(14)20/h6-8,13,18,22H,2-5,9-10H2,1H3/t13-/m0/s1. The predicted octanol–water partition coefficient (Wildman–Crippen LogP) is 1.62. The van der Waals surface area contributed by atoms with Crippen molar-refractivity contribution in [2.24, 2.45) is 0 Å². The fourth-order valence-electron chi connectivity index (χ4n) is 3.10. The third kappa shape index (κ3) is 3.56. The minimum absolute atomic E-state index is 0.187. The first kappa shape index (κ1) is 16.0. The van der Waals surface area contributed by atoms with E-state index in [1.807, 2.05) is 18.2 Å². The van der Waals surface area contributed by atoms with Gasteiger partial charge in [-0.2, -0.15) is 0 Å². The summed E-state index contributed by atoms with van der Waals surface area (Å²) in [6.45, 7) is 2.46. The van der Waals surface area contributed by atoms with Gasteiger partial charge in [0, 0.05) is 24.2 Å². The highest BCUT2D eigenvalue weighted by molar-refractivity contribution is 6.45. The maximum absolute atomic E-state index is 12.1. The summed E-state index contributed by atoms with van der Waals surface area (Å²) in [5, 5.41) is 12.1. The number of rotatable bonds is 4. The number of amides is 1. The molecule has 3 rings (SSSR count). The third-order valence-electron chi connectivity index (χ3n) is 4.32. The lowest BCUT2D eigenvalue weighted by Crippen LogP contribution is -2.38. The summed E-state index contributed by atoms with van der Waals surface area (Å²) in [5.74, 6) is 0.187. The molecular formula is C16H21BN2O4. The number of cyclic esters (lactones) is 1. The van der Waals surface area contributed by atoms with Crippen LogP contribution in [0.1, 0.15) is 35.2 Å². The van der Waals surface area contributed by atoms with Crippen LogP contribution in [-0.2, 0) is 11.2 Å². The van der Waals surface area contributed by atoms with Gasteiger partial charge in [0.2, 0.25) is 0 Å². The maximum Gasteiger partial charge on any atom is 0.414 e. The highest BCUT2D eigenvalue weighted by Crippen LogP contribution is 2.28. The van der Waals surface area contributed by atoms with Crippen molar-refractivity contribution in [3.63, 3.8) is 0 Å². The molecule has 0 spiro atoms. The Morgan fingerprint density at radius 1 is 1.35 bits per heavy atom. The molecule has 1 saturated heterocycles. The largest absolute Gasteiger partial charge is 0.443 e. The summed E-state index contributed by atoms with van der Waals surface area (Å²) in [6, 6.07) is 5.57. The first-order valence-corrected chi connectivity index (χ1v) is 8.10. The van der Waals surface area contributed by atoms with E-state index in [-0.39, 0.29) is 18.0 Å². The second-order valence-electron chi connectivity index (χ2n) is 6.17. The molecule has 1 heterocycles. The topological polar surface area (TPSA) is 78.9 Å². The number of hydrogen-bond acceptors (Lipinski definition) is 5. The van der Waals surface area contributed by atoms with Gasteiger partial charge >= 0.3 is 13.1 Å². The van der Waals surface area contributed by atoms with Gasteiger partial charge in [-0.05, 0) is 49.8 Å². The van der Waals surface area contributed by atoms with E-state index in [1.54, 1.807) is 11.7 Å². The molecule has 1 amide bonds. The number of anilines is 1. The Bertz CT molecular complexity index is 620. The van der Waals surface area contributed by atoms with Gasteiger partial charge in [0.15, 0.2) is 5.78 Å². The van der Waals surface area contributed by atoms with Crippen LogP contribution >= 0.6 is 0 Å². The number of ether oxygens (including phenoxy) is 1. The Kier molecular flexibility index (Phi) is 4.68. The van der Waals surface area contributed by atoms with Crippen LogP contribution in [0.5, 0.6) is 0 Å². The molecule has 1 atom stereocenters. The van der Waals surface area contributed by atoms with Gasteiger partial charge in [-0.25, -0.2) is 4.79 Å². The van der Waals surface area contributed by atoms with Crippen LogP contribution in [0.4, 0.5) is 10.5 Å². The molecule has 1 aliphatic carbocycles. The summed E-state index contributed by atoms with van der Waals surface area (Å²) in [5.41, 5.74) is 2.57. The molecule has 6 nitrogen and oxygen atoms in total. The summed E-state index contributed by atoms with van der Waals surface area (Å²) >= 11 is 0. The molecule has 0 saturated carbocycles. The van der Waals surface area contributed by atoms with Crippen LogP contribution in [0.15, 0.2) is 18.2 Å². The Morgan fingerprint density at radius 2 is 2.13 bits per heavy atom. The van der Waals surface area contributed by atoms with Crippen LogP contribution in [0.3, 0.4) is 0 Å². The smallest absolute Gasteiger partial charge is 0.414 e. The number of Topliss-reactive ketones (excluding diaryl/α,β-unsaturated/α-hetero) is 1. The number of nitrogens with one attached hydrogen (secondary N) is 1. The fourth-order valence-corrected chi connectivity index (χ4v) is 3.10. The summed E-state index contributed by atoms with van der Waals surface area (Å²) in [7, 11) is -0.638. The average Bonchev–Trinajstić information content (AvgIpc) is 2.79. The minimum Gasteiger partial charge on any atom is -0.443 e. The molecule has 1 fully saturated rings. The first-order valence-electron chi connectivity index (χ1n) is 8.10. The number of carbonyl (C=O) groups is 2. The normalized spacial score (nSPS) is 21.0. The highest BCUT2D eigenvalue weighted by atomic mass is 16.6. The minimum atomic E-state index is -0.638. The van der Waals surface area contributed by atoms with E-state index < -0.39 is 7.05 Å². The Labute approximate surface area is 135 Å². The van der Waals surface area contributed by atoms with E-state index >= 15 is 0 Å². The zero-order chi connectivity index (χ0) is 16.4. The second-order valence-corrected chi connectivity index (χ2v) is 6.17. The van der Waals surface area contributed by atoms with E-state index in [2.05, 4.69) is 5.23 Å². The third-order valence-corrected chi connectivity index (χ3v) is 4.32. The van der Waals surface area contributed by atoms with E-state index in [1.165, 1.54) is 0 Å². The Morgan fingerprint density at radius 3 is 2.91 bits per heavy atom. The summed E-state index contributed by atoms with van der Waals surface area (Å²) in [6.07, 6.45) is 2.70. The van der Waals surface area contributed by atoms with Crippen LogP contribution < -0.4 is 10.1 Å². The number of fused-ring (bicyclic) bond motifs is 1. The maximum atomic E-state index is 12.1. The zero-order valence-electron chi connectivity index (χ0n) is 13.2. The van der Waals surface area contributed by atoms with Crippen molar-refractivity contribution in [2.45, 2.75) is 38.6 Å². The number of hydrogen-bond donors (Lipinski definition) is 2. The lowest BCUT2D eigenvalue weighted by Gasteiger charge is -2.15. The van der Waals surface area contributed by atoms with Crippen molar-refractivity contribution < 1.29 is 19.3 Å². The molecule has 0 bridgehead atoms.